The maximum atomic E-state index is 11.2. The monoisotopic (exact) mass is 215 g/mol. The van der Waals surface area contributed by atoms with Crippen molar-refractivity contribution < 1.29 is 19.4 Å². The van der Waals surface area contributed by atoms with E-state index in [0.29, 0.717) is 0 Å². The van der Waals surface area contributed by atoms with Crippen molar-refractivity contribution >= 4 is 11.9 Å². The largest absolute Gasteiger partial charge is 0.481 e. The highest BCUT2D eigenvalue weighted by Gasteiger charge is 2.23. The number of azide groups is 1. The number of carbonyl (C=O) groups excluding carboxylic acids is 1. The molecule has 0 bridgehead atoms. The number of carboxylic acid groups (broad SMARTS) is 1. The van der Waals surface area contributed by atoms with Crippen LogP contribution in [0.15, 0.2) is 5.11 Å². The number of aliphatic carboxylic acids is 1. The Morgan fingerprint density at radius 2 is 2.07 bits per heavy atom. The van der Waals surface area contributed by atoms with Crippen LogP contribution in [0.5, 0.6) is 0 Å². The Hall–Kier alpha value is -1.75. The molecule has 0 rings (SSSR count). The van der Waals surface area contributed by atoms with Crippen LogP contribution < -0.4 is 0 Å². The molecule has 0 saturated heterocycles. The predicted molar refractivity (Wildman–Crippen MR) is 51.0 cm³/mol. The zero-order chi connectivity index (χ0) is 12.1. The molecule has 0 aliphatic carbocycles. The van der Waals surface area contributed by atoms with E-state index in [1.54, 1.807) is 20.8 Å². The van der Waals surface area contributed by atoms with Crippen molar-refractivity contribution in [2.24, 2.45) is 5.11 Å². The van der Waals surface area contributed by atoms with E-state index in [1.165, 1.54) is 0 Å². The van der Waals surface area contributed by atoms with Crippen LogP contribution in [0.4, 0.5) is 0 Å². The summed E-state index contributed by atoms with van der Waals surface area (Å²) < 4.78 is 4.88. The van der Waals surface area contributed by atoms with Crippen molar-refractivity contribution in [3.05, 3.63) is 10.4 Å². The molecular formula is C8H13N3O4. The van der Waals surface area contributed by atoms with E-state index in [1.807, 2.05) is 0 Å². The molecule has 0 radical (unpaired) electrons. The smallest absolute Gasteiger partial charge is 0.313 e. The minimum atomic E-state index is -1.41. The van der Waals surface area contributed by atoms with Crippen LogP contribution in [-0.2, 0) is 14.3 Å². The first-order valence-corrected chi connectivity index (χ1v) is 4.25. The van der Waals surface area contributed by atoms with Gasteiger partial charge in [-0.25, -0.2) is 0 Å². The number of hydrogen-bond acceptors (Lipinski definition) is 4. The lowest BCUT2D eigenvalue weighted by Crippen LogP contribution is -2.28. The van der Waals surface area contributed by atoms with Crippen LogP contribution in [-0.4, -0.2) is 28.7 Å². The maximum Gasteiger partial charge on any atom is 0.313 e. The number of rotatable bonds is 4. The highest BCUT2D eigenvalue weighted by molar-refractivity contribution is 5.81. The second kappa shape index (κ2) is 5.21. The lowest BCUT2D eigenvalue weighted by molar-refractivity contribution is -0.157. The first-order chi connectivity index (χ1) is 6.76. The van der Waals surface area contributed by atoms with E-state index in [-0.39, 0.29) is 0 Å². The SMILES string of the molecule is CC(C)(C)OC(=O)C[C@@H](N=[N+]=[N-])C(=O)O. The van der Waals surface area contributed by atoms with Gasteiger partial charge in [-0.15, -0.1) is 0 Å². The molecule has 0 aromatic heterocycles. The molecule has 1 N–H and O–H groups in total. The van der Waals surface area contributed by atoms with E-state index < -0.39 is 30.0 Å². The van der Waals surface area contributed by atoms with Crippen LogP contribution in [0.3, 0.4) is 0 Å². The number of ether oxygens (including phenoxy) is 1. The van der Waals surface area contributed by atoms with Gasteiger partial charge in [-0.3, -0.25) is 9.59 Å². The summed E-state index contributed by atoms with van der Waals surface area (Å²) in [6, 6.07) is -1.41. The van der Waals surface area contributed by atoms with Crippen LogP contribution in [0, 0.1) is 0 Å². The summed E-state index contributed by atoms with van der Waals surface area (Å²) in [6.07, 6.45) is -0.462. The third-order valence-electron chi connectivity index (χ3n) is 1.26. The molecule has 0 saturated carbocycles. The standard InChI is InChI=1S/C8H13N3O4/c1-8(2,3)15-6(12)4-5(7(13)14)10-11-9/h5H,4H2,1-3H3,(H,13,14)/t5-/m1/s1. The van der Waals surface area contributed by atoms with Gasteiger partial charge in [0.2, 0.25) is 0 Å². The second-order valence-corrected chi connectivity index (χ2v) is 3.85. The van der Waals surface area contributed by atoms with Crippen LogP contribution in [0.1, 0.15) is 27.2 Å². The van der Waals surface area contributed by atoms with Gasteiger partial charge in [0, 0.05) is 4.91 Å². The average Bonchev–Trinajstić information content (AvgIpc) is 1.99. The van der Waals surface area contributed by atoms with Gasteiger partial charge in [0.25, 0.3) is 0 Å². The van der Waals surface area contributed by atoms with Gasteiger partial charge in [0.1, 0.15) is 11.6 Å². The summed E-state index contributed by atoms with van der Waals surface area (Å²) in [6.45, 7) is 4.98. The number of carboxylic acids is 1. The molecule has 84 valence electrons. The van der Waals surface area contributed by atoms with Crippen molar-refractivity contribution in [3.63, 3.8) is 0 Å². The molecule has 0 heterocycles. The van der Waals surface area contributed by atoms with E-state index in [2.05, 4.69) is 10.0 Å². The van der Waals surface area contributed by atoms with Crippen molar-refractivity contribution in [3.8, 4) is 0 Å². The lowest BCUT2D eigenvalue weighted by Gasteiger charge is -2.19. The molecule has 15 heavy (non-hydrogen) atoms. The molecular weight excluding hydrogens is 202 g/mol. The Kier molecular flexibility index (Phi) is 4.60. The fourth-order valence-electron chi connectivity index (χ4n) is 0.781. The quantitative estimate of drug-likeness (QED) is 0.331. The van der Waals surface area contributed by atoms with E-state index in [0.717, 1.165) is 0 Å². The summed E-state index contributed by atoms with van der Waals surface area (Å²) in [5.74, 6) is -2.05. The Labute approximate surface area is 86.7 Å². The van der Waals surface area contributed by atoms with Crippen molar-refractivity contribution in [2.75, 3.05) is 0 Å². The third-order valence-corrected chi connectivity index (χ3v) is 1.26. The molecule has 0 aromatic rings. The summed E-state index contributed by atoms with van der Waals surface area (Å²) in [5, 5.41) is 11.6. The molecule has 0 aromatic carbocycles. The molecule has 0 unspecified atom stereocenters. The first-order valence-electron chi connectivity index (χ1n) is 4.25. The zero-order valence-corrected chi connectivity index (χ0v) is 8.80. The highest BCUT2D eigenvalue weighted by atomic mass is 16.6. The molecule has 7 nitrogen and oxygen atoms in total. The summed E-state index contributed by atoms with van der Waals surface area (Å²) in [4.78, 5) is 24.0. The number of hydrogen-bond donors (Lipinski definition) is 1. The fraction of sp³-hybridized carbons (Fsp3) is 0.750. The van der Waals surface area contributed by atoms with Gasteiger partial charge in [0.05, 0.1) is 6.42 Å². The molecule has 0 aliphatic heterocycles. The number of nitrogens with zero attached hydrogens (tertiary/aromatic N) is 3. The fourth-order valence-corrected chi connectivity index (χ4v) is 0.781. The highest BCUT2D eigenvalue weighted by Crippen LogP contribution is 2.10. The van der Waals surface area contributed by atoms with Crippen LogP contribution >= 0.6 is 0 Å². The molecule has 0 spiro atoms. The predicted octanol–water partition coefficient (Wildman–Crippen LogP) is 1.48. The van der Waals surface area contributed by atoms with E-state index in [9.17, 15) is 9.59 Å². The third kappa shape index (κ3) is 6.34. The van der Waals surface area contributed by atoms with Gasteiger partial charge >= 0.3 is 11.9 Å². The number of esters is 1. The molecule has 7 heteroatoms. The molecule has 0 fully saturated rings. The van der Waals surface area contributed by atoms with Gasteiger partial charge in [0.15, 0.2) is 0 Å². The minimum absolute atomic E-state index is 0.462. The van der Waals surface area contributed by atoms with Crippen molar-refractivity contribution in [1.82, 2.24) is 0 Å². The molecule has 1 atom stereocenters. The summed E-state index contributed by atoms with van der Waals surface area (Å²) in [7, 11) is 0. The maximum absolute atomic E-state index is 11.2. The first kappa shape index (κ1) is 13.2. The Morgan fingerprint density at radius 3 is 2.40 bits per heavy atom. The Balaban J connectivity index is 4.37. The van der Waals surface area contributed by atoms with Gasteiger partial charge < -0.3 is 9.84 Å². The molecule has 0 amide bonds. The normalized spacial score (nSPS) is 12.5. The summed E-state index contributed by atoms with van der Waals surface area (Å²) >= 11 is 0. The van der Waals surface area contributed by atoms with E-state index in [4.69, 9.17) is 15.4 Å². The van der Waals surface area contributed by atoms with Gasteiger partial charge in [-0.2, -0.15) is 0 Å². The lowest BCUT2D eigenvalue weighted by atomic mass is 10.2. The van der Waals surface area contributed by atoms with Crippen LogP contribution in [0.25, 0.3) is 10.4 Å². The topological polar surface area (TPSA) is 112 Å². The Morgan fingerprint density at radius 1 is 1.53 bits per heavy atom. The van der Waals surface area contributed by atoms with Crippen molar-refractivity contribution in [2.45, 2.75) is 38.8 Å². The minimum Gasteiger partial charge on any atom is -0.481 e. The number of carbonyl (C=O) groups is 2. The summed E-state index contributed by atoms with van der Waals surface area (Å²) in [5.41, 5.74) is 7.39. The zero-order valence-electron chi connectivity index (χ0n) is 8.80. The van der Waals surface area contributed by atoms with Crippen molar-refractivity contribution in [1.29, 1.82) is 0 Å². The second-order valence-electron chi connectivity index (χ2n) is 3.85. The molecule has 0 aliphatic rings. The van der Waals surface area contributed by atoms with Gasteiger partial charge in [-0.1, -0.05) is 5.11 Å². The van der Waals surface area contributed by atoms with Crippen LogP contribution in [0.2, 0.25) is 0 Å². The average molecular weight is 215 g/mol. The van der Waals surface area contributed by atoms with Gasteiger partial charge in [-0.05, 0) is 26.3 Å². The van der Waals surface area contributed by atoms with E-state index >= 15 is 0 Å². The Bertz CT molecular complexity index is 299.